The van der Waals surface area contributed by atoms with Crippen LogP contribution in [0.15, 0.2) is 60.3 Å². The number of allylic oxidation sites excluding steroid dienone is 1. The number of aromatic nitrogens is 3. The SMILES string of the molecule is C=CCn1c(CC(=O)Nc2ccc(OC)cc2)nnc1SCC(=O)Nc1ccc(C)c(C)c1. The summed E-state index contributed by atoms with van der Waals surface area (Å²) in [6.07, 6.45) is 1.75. The number of hydrogen-bond acceptors (Lipinski definition) is 6. The van der Waals surface area contributed by atoms with E-state index in [2.05, 4.69) is 27.4 Å². The highest BCUT2D eigenvalue weighted by atomic mass is 32.2. The molecule has 172 valence electrons. The Morgan fingerprint density at radius 2 is 1.73 bits per heavy atom. The van der Waals surface area contributed by atoms with Gasteiger partial charge in [0, 0.05) is 17.9 Å². The fourth-order valence-electron chi connectivity index (χ4n) is 3.04. The maximum Gasteiger partial charge on any atom is 0.234 e. The van der Waals surface area contributed by atoms with Crippen LogP contribution in [0.3, 0.4) is 0 Å². The van der Waals surface area contributed by atoms with Crippen molar-refractivity contribution in [1.29, 1.82) is 0 Å². The van der Waals surface area contributed by atoms with Crippen LogP contribution in [0.1, 0.15) is 17.0 Å². The van der Waals surface area contributed by atoms with Crippen LogP contribution in [0.2, 0.25) is 0 Å². The van der Waals surface area contributed by atoms with Crippen molar-refractivity contribution in [3.8, 4) is 5.75 Å². The van der Waals surface area contributed by atoms with Crippen molar-refractivity contribution >= 4 is 35.0 Å². The van der Waals surface area contributed by atoms with Crippen LogP contribution >= 0.6 is 11.8 Å². The van der Waals surface area contributed by atoms with Gasteiger partial charge in [0.05, 0.1) is 19.3 Å². The largest absolute Gasteiger partial charge is 0.497 e. The topological polar surface area (TPSA) is 98.1 Å². The first kappa shape index (κ1) is 24.1. The molecule has 0 atom stereocenters. The Bertz CT molecular complexity index is 1140. The molecule has 3 rings (SSSR count). The standard InChI is InChI=1S/C24H27N5O3S/c1-5-12-29-21(14-22(30)25-18-8-10-20(32-4)11-9-18)27-28-24(29)33-15-23(31)26-19-7-6-16(2)17(3)13-19/h5-11,13H,1,12,14-15H2,2-4H3,(H,25,30)(H,26,31). The number of benzene rings is 2. The van der Waals surface area contributed by atoms with Gasteiger partial charge in [-0.1, -0.05) is 23.9 Å². The molecule has 2 aromatic carbocycles. The summed E-state index contributed by atoms with van der Waals surface area (Å²) in [5.74, 6) is 1.01. The van der Waals surface area contributed by atoms with Gasteiger partial charge in [-0.3, -0.25) is 9.59 Å². The van der Waals surface area contributed by atoms with Crippen LogP contribution < -0.4 is 15.4 Å². The van der Waals surface area contributed by atoms with Crippen LogP contribution in [0, 0.1) is 13.8 Å². The smallest absolute Gasteiger partial charge is 0.234 e. The Kier molecular flexibility index (Phi) is 8.26. The minimum absolute atomic E-state index is 0.0439. The average molecular weight is 466 g/mol. The van der Waals surface area contributed by atoms with Gasteiger partial charge in [0.1, 0.15) is 11.6 Å². The summed E-state index contributed by atoms with van der Waals surface area (Å²) in [7, 11) is 1.59. The first-order chi connectivity index (χ1) is 15.9. The fourth-order valence-corrected chi connectivity index (χ4v) is 3.81. The molecule has 3 aromatic rings. The Balaban J connectivity index is 1.60. The van der Waals surface area contributed by atoms with E-state index < -0.39 is 0 Å². The number of carbonyl (C=O) groups is 2. The molecule has 0 aliphatic heterocycles. The van der Waals surface area contributed by atoms with Gasteiger partial charge in [-0.15, -0.1) is 16.8 Å². The van der Waals surface area contributed by atoms with Crippen molar-refractivity contribution in [2.45, 2.75) is 32.0 Å². The van der Waals surface area contributed by atoms with Gasteiger partial charge >= 0.3 is 0 Å². The second kappa shape index (κ2) is 11.3. The van der Waals surface area contributed by atoms with E-state index in [4.69, 9.17) is 4.74 Å². The lowest BCUT2D eigenvalue weighted by Crippen LogP contribution is -2.18. The second-order valence-electron chi connectivity index (χ2n) is 7.39. The molecule has 33 heavy (non-hydrogen) atoms. The van der Waals surface area contributed by atoms with Crippen molar-refractivity contribution in [3.63, 3.8) is 0 Å². The summed E-state index contributed by atoms with van der Waals surface area (Å²) in [4.78, 5) is 24.9. The van der Waals surface area contributed by atoms with Crippen molar-refractivity contribution in [2.75, 3.05) is 23.5 Å². The van der Waals surface area contributed by atoms with Gasteiger partial charge in [-0.25, -0.2) is 0 Å². The van der Waals surface area contributed by atoms with E-state index in [0.29, 0.717) is 29.0 Å². The first-order valence-electron chi connectivity index (χ1n) is 10.4. The predicted molar refractivity (Wildman–Crippen MR) is 131 cm³/mol. The number of amides is 2. The summed E-state index contributed by atoms with van der Waals surface area (Å²) < 4.78 is 6.91. The monoisotopic (exact) mass is 465 g/mol. The summed E-state index contributed by atoms with van der Waals surface area (Å²) in [6, 6.07) is 12.9. The van der Waals surface area contributed by atoms with E-state index in [1.54, 1.807) is 42.0 Å². The molecule has 0 fully saturated rings. The van der Waals surface area contributed by atoms with Gasteiger partial charge in [0.15, 0.2) is 5.16 Å². The number of aryl methyl sites for hydroxylation is 2. The molecule has 9 heteroatoms. The molecule has 2 N–H and O–H groups in total. The lowest BCUT2D eigenvalue weighted by Gasteiger charge is -2.09. The lowest BCUT2D eigenvalue weighted by atomic mass is 10.1. The molecule has 0 aliphatic rings. The minimum atomic E-state index is -0.220. The number of ether oxygens (including phenoxy) is 1. The summed E-state index contributed by atoms with van der Waals surface area (Å²) >= 11 is 1.26. The molecule has 0 radical (unpaired) electrons. The summed E-state index contributed by atoms with van der Waals surface area (Å²) in [5.41, 5.74) is 3.70. The molecule has 0 saturated heterocycles. The number of nitrogens with one attached hydrogen (secondary N) is 2. The molecule has 1 aromatic heterocycles. The van der Waals surface area contributed by atoms with Crippen LogP contribution in [0.5, 0.6) is 5.75 Å². The van der Waals surface area contributed by atoms with Crippen molar-refractivity contribution < 1.29 is 14.3 Å². The van der Waals surface area contributed by atoms with Crippen LogP contribution in [0.25, 0.3) is 0 Å². The lowest BCUT2D eigenvalue weighted by molar-refractivity contribution is -0.116. The van der Waals surface area contributed by atoms with Crippen LogP contribution in [-0.2, 0) is 22.6 Å². The molecule has 8 nitrogen and oxygen atoms in total. The maximum atomic E-state index is 12.5. The zero-order valence-corrected chi connectivity index (χ0v) is 19.7. The molecule has 0 aliphatic carbocycles. The predicted octanol–water partition coefficient (Wildman–Crippen LogP) is 4.00. The molecule has 0 unspecified atom stereocenters. The van der Waals surface area contributed by atoms with Gasteiger partial charge in [-0.2, -0.15) is 0 Å². The Labute approximate surface area is 197 Å². The molecule has 1 heterocycles. The molecule has 2 amide bonds. The van der Waals surface area contributed by atoms with E-state index in [1.807, 2.05) is 32.0 Å². The molecular formula is C24H27N5O3S. The third-order valence-corrected chi connectivity index (χ3v) is 5.89. The quantitative estimate of drug-likeness (QED) is 0.347. The van der Waals surface area contributed by atoms with E-state index >= 15 is 0 Å². The number of carbonyl (C=O) groups excluding carboxylic acids is 2. The highest BCUT2D eigenvalue weighted by Crippen LogP contribution is 2.20. The van der Waals surface area contributed by atoms with Gasteiger partial charge < -0.3 is 19.9 Å². The second-order valence-corrected chi connectivity index (χ2v) is 8.33. The average Bonchev–Trinajstić information content (AvgIpc) is 3.16. The van der Waals surface area contributed by atoms with Gasteiger partial charge in [0.25, 0.3) is 0 Å². The van der Waals surface area contributed by atoms with Crippen molar-refractivity contribution in [3.05, 3.63) is 72.1 Å². The summed E-state index contributed by atoms with van der Waals surface area (Å²) in [6.45, 7) is 8.23. The van der Waals surface area contributed by atoms with Crippen LogP contribution in [0.4, 0.5) is 11.4 Å². The highest BCUT2D eigenvalue weighted by Gasteiger charge is 2.16. The maximum absolute atomic E-state index is 12.5. The first-order valence-corrected chi connectivity index (χ1v) is 11.3. The van der Waals surface area contributed by atoms with E-state index in [1.165, 1.54) is 17.3 Å². The number of methoxy groups -OCH3 is 1. The van der Waals surface area contributed by atoms with E-state index in [9.17, 15) is 9.59 Å². The molecule has 0 saturated carbocycles. The Hall–Kier alpha value is -3.59. The van der Waals surface area contributed by atoms with Gasteiger partial charge in [-0.05, 0) is 61.4 Å². The highest BCUT2D eigenvalue weighted by molar-refractivity contribution is 7.99. The summed E-state index contributed by atoms with van der Waals surface area (Å²) in [5, 5.41) is 14.6. The zero-order chi connectivity index (χ0) is 23.8. The number of nitrogens with zero attached hydrogens (tertiary/aromatic N) is 3. The number of rotatable bonds is 10. The molecule has 0 bridgehead atoms. The number of thioether (sulfide) groups is 1. The Morgan fingerprint density at radius 1 is 1.03 bits per heavy atom. The van der Waals surface area contributed by atoms with Gasteiger partial charge in [0.2, 0.25) is 11.8 Å². The van der Waals surface area contributed by atoms with Crippen molar-refractivity contribution in [1.82, 2.24) is 14.8 Å². The van der Waals surface area contributed by atoms with Crippen molar-refractivity contribution in [2.24, 2.45) is 0 Å². The molecular weight excluding hydrogens is 438 g/mol. The third kappa shape index (κ3) is 6.69. The third-order valence-electron chi connectivity index (χ3n) is 4.92. The number of hydrogen-bond donors (Lipinski definition) is 2. The van der Waals surface area contributed by atoms with E-state index in [0.717, 1.165) is 11.3 Å². The number of anilines is 2. The minimum Gasteiger partial charge on any atom is -0.497 e. The fraction of sp³-hybridized carbons (Fsp3) is 0.250. The zero-order valence-electron chi connectivity index (χ0n) is 18.9. The normalized spacial score (nSPS) is 10.5. The van der Waals surface area contributed by atoms with Crippen LogP contribution in [-0.4, -0.2) is 39.4 Å². The Morgan fingerprint density at radius 3 is 2.39 bits per heavy atom. The van der Waals surface area contributed by atoms with E-state index in [-0.39, 0.29) is 24.0 Å². The molecule has 0 spiro atoms.